The summed E-state index contributed by atoms with van der Waals surface area (Å²) in [6.45, 7) is 1.31. The minimum Gasteiger partial charge on any atom is -0.426 e. The minimum absolute atomic E-state index is 0.229. The molecule has 0 aliphatic carbocycles. The Morgan fingerprint density at radius 3 is 2.52 bits per heavy atom. The number of pyridine rings is 1. The van der Waals surface area contributed by atoms with Crippen LogP contribution < -0.4 is 10.1 Å². The van der Waals surface area contributed by atoms with Crippen molar-refractivity contribution in [1.29, 1.82) is 0 Å². The molecule has 27 heavy (non-hydrogen) atoms. The molecule has 3 aromatic carbocycles. The lowest BCUT2D eigenvalue weighted by Gasteiger charge is -2.13. The topological polar surface area (TPSA) is 68.3 Å². The molecule has 5 nitrogen and oxygen atoms in total. The molecule has 0 saturated heterocycles. The Kier molecular flexibility index (Phi) is 4.26. The third kappa shape index (κ3) is 3.22. The number of nitrogens with one attached hydrogen (secondary N) is 1. The summed E-state index contributed by atoms with van der Waals surface area (Å²) in [6.07, 6.45) is 1.68. The molecule has 0 spiro atoms. The van der Waals surface area contributed by atoms with Gasteiger partial charge in [0, 0.05) is 18.5 Å². The first-order chi connectivity index (χ1) is 13.1. The molecule has 0 saturated carbocycles. The number of nitrogens with zero attached hydrogens (tertiary/aromatic N) is 1. The molecule has 132 valence electrons. The van der Waals surface area contributed by atoms with Crippen LogP contribution in [0.2, 0.25) is 0 Å². The van der Waals surface area contributed by atoms with E-state index in [0.717, 1.165) is 10.8 Å². The first kappa shape index (κ1) is 16.7. The average molecular weight is 356 g/mol. The molecule has 0 atom stereocenters. The summed E-state index contributed by atoms with van der Waals surface area (Å²) in [7, 11) is 0. The molecule has 0 aliphatic rings. The van der Waals surface area contributed by atoms with Gasteiger partial charge in [0.25, 0.3) is 5.91 Å². The van der Waals surface area contributed by atoms with E-state index in [2.05, 4.69) is 10.3 Å². The van der Waals surface area contributed by atoms with E-state index in [-0.39, 0.29) is 11.7 Å². The monoisotopic (exact) mass is 356 g/mol. The maximum Gasteiger partial charge on any atom is 0.308 e. The van der Waals surface area contributed by atoms with E-state index in [4.69, 9.17) is 4.74 Å². The smallest absolute Gasteiger partial charge is 0.308 e. The van der Waals surface area contributed by atoms with E-state index >= 15 is 0 Å². The fraction of sp³-hybridized carbons (Fsp3) is 0.0455. The van der Waals surface area contributed by atoms with E-state index in [1.807, 2.05) is 54.6 Å². The van der Waals surface area contributed by atoms with Gasteiger partial charge in [-0.2, -0.15) is 0 Å². The van der Waals surface area contributed by atoms with Gasteiger partial charge in [-0.1, -0.05) is 48.5 Å². The van der Waals surface area contributed by atoms with Crippen LogP contribution in [0.3, 0.4) is 0 Å². The van der Waals surface area contributed by atoms with E-state index in [1.165, 1.54) is 6.92 Å². The van der Waals surface area contributed by atoms with E-state index in [0.29, 0.717) is 22.2 Å². The highest BCUT2D eigenvalue weighted by molar-refractivity contribution is 6.16. The summed E-state index contributed by atoms with van der Waals surface area (Å²) in [5.74, 6) is -0.612. The second kappa shape index (κ2) is 6.88. The second-order valence-electron chi connectivity index (χ2n) is 6.09. The maximum atomic E-state index is 13.1. The number of benzene rings is 3. The fourth-order valence-electron chi connectivity index (χ4n) is 3.12. The van der Waals surface area contributed by atoms with Gasteiger partial charge in [0.15, 0.2) is 0 Å². The molecule has 0 radical (unpaired) electrons. The zero-order valence-corrected chi connectivity index (χ0v) is 14.6. The Labute approximate surface area is 155 Å². The van der Waals surface area contributed by atoms with Crippen LogP contribution in [-0.4, -0.2) is 16.9 Å². The molecule has 4 aromatic rings. The number of ether oxygens (including phenoxy) is 1. The van der Waals surface area contributed by atoms with Gasteiger partial charge >= 0.3 is 5.97 Å². The van der Waals surface area contributed by atoms with Gasteiger partial charge in [-0.15, -0.1) is 0 Å². The molecule has 4 rings (SSSR count). The van der Waals surface area contributed by atoms with Crippen molar-refractivity contribution in [2.24, 2.45) is 0 Å². The summed E-state index contributed by atoms with van der Waals surface area (Å²) in [4.78, 5) is 29.0. The number of amides is 1. The first-order valence-corrected chi connectivity index (χ1v) is 8.49. The van der Waals surface area contributed by atoms with Crippen molar-refractivity contribution < 1.29 is 14.3 Å². The molecule has 1 amide bonds. The Morgan fingerprint density at radius 2 is 1.67 bits per heavy atom. The average Bonchev–Trinajstić information content (AvgIpc) is 2.67. The SMILES string of the molecule is CC(=O)Oc1ccc2ccccc2c1C(=O)Nc1cccc2cccnc12. The summed E-state index contributed by atoms with van der Waals surface area (Å²) in [5.41, 5.74) is 1.61. The van der Waals surface area contributed by atoms with Crippen molar-refractivity contribution in [2.75, 3.05) is 5.32 Å². The van der Waals surface area contributed by atoms with E-state index < -0.39 is 5.97 Å². The molecule has 0 fully saturated rings. The zero-order valence-electron chi connectivity index (χ0n) is 14.6. The third-order valence-corrected chi connectivity index (χ3v) is 4.25. The van der Waals surface area contributed by atoms with Gasteiger partial charge in [0.1, 0.15) is 5.75 Å². The van der Waals surface area contributed by atoms with Crippen molar-refractivity contribution in [3.63, 3.8) is 0 Å². The van der Waals surface area contributed by atoms with Gasteiger partial charge in [-0.05, 0) is 29.0 Å². The number of fused-ring (bicyclic) bond motifs is 2. The number of rotatable bonds is 3. The van der Waals surface area contributed by atoms with Crippen LogP contribution >= 0.6 is 0 Å². The standard InChI is InChI=1S/C22H16N2O3/c1-14(25)27-19-12-11-15-6-2-3-9-17(15)20(19)22(26)24-18-10-4-7-16-8-5-13-23-21(16)18/h2-13H,1H3,(H,24,26). The Bertz CT molecular complexity index is 1180. The normalized spacial score (nSPS) is 10.7. The lowest BCUT2D eigenvalue weighted by atomic mass is 10.0. The predicted molar refractivity (Wildman–Crippen MR) is 105 cm³/mol. The molecule has 1 aromatic heterocycles. The van der Waals surface area contributed by atoms with Crippen LogP contribution in [-0.2, 0) is 4.79 Å². The quantitative estimate of drug-likeness (QED) is 0.431. The number of hydrogen-bond acceptors (Lipinski definition) is 4. The molecule has 0 bridgehead atoms. The molecular weight excluding hydrogens is 340 g/mol. The molecule has 5 heteroatoms. The van der Waals surface area contributed by atoms with Gasteiger partial charge < -0.3 is 10.1 Å². The van der Waals surface area contributed by atoms with Crippen molar-refractivity contribution in [3.05, 3.63) is 78.5 Å². The minimum atomic E-state index is -0.480. The number of anilines is 1. The van der Waals surface area contributed by atoms with Crippen molar-refractivity contribution in [1.82, 2.24) is 4.98 Å². The van der Waals surface area contributed by atoms with Gasteiger partial charge in [0.2, 0.25) is 0 Å². The Hall–Kier alpha value is -3.73. The molecule has 1 N–H and O–H groups in total. The van der Waals surface area contributed by atoms with Crippen LogP contribution in [0.1, 0.15) is 17.3 Å². The van der Waals surface area contributed by atoms with Crippen LogP contribution in [0.4, 0.5) is 5.69 Å². The van der Waals surface area contributed by atoms with Crippen molar-refractivity contribution >= 4 is 39.2 Å². The summed E-state index contributed by atoms with van der Waals surface area (Å²) < 4.78 is 5.28. The maximum absolute atomic E-state index is 13.1. The van der Waals surface area contributed by atoms with Crippen LogP contribution in [0, 0.1) is 0 Å². The molecular formula is C22H16N2O3. The number of hydrogen-bond donors (Lipinski definition) is 1. The van der Waals surface area contributed by atoms with Crippen molar-refractivity contribution in [2.45, 2.75) is 6.92 Å². The molecule has 0 unspecified atom stereocenters. The summed E-state index contributed by atoms with van der Waals surface area (Å²) in [6, 6.07) is 20.3. The van der Waals surface area contributed by atoms with Gasteiger partial charge in [-0.3, -0.25) is 14.6 Å². The summed E-state index contributed by atoms with van der Waals surface area (Å²) >= 11 is 0. The Balaban J connectivity index is 1.83. The number of para-hydroxylation sites is 1. The molecule has 1 heterocycles. The third-order valence-electron chi connectivity index (χ3n) is 4.25. The second-order valence-corrected chi connectivity index (χ2v) is 6.09. The number of esters is 1. The molecule has 0 aliphatic heterocycles. The predicted octanol–water partition coefficient (Wildman–Crippen LogP) is 4.57. The number of aromatic nitrogens is 1. The zero-order chi connectivity index (χ0) is 18.8. The highest BCUT2D eigenvalue weighted by Gasteiger charge is 2.19. The van der Waals surface area contributed by atoms with Crippen LogP contribution in [0.15, 0.2) is 72.9 Å². The van der Waals surface area contributed by atoms with E-state index in [9.17, 15) is 9.59 Å². The van der Waals surface area contributed by atoms with Crippen LogP contribution in [0.5, 0.6) is 5.75 Å². The Morgan fingerprint density at radius 1 is 0.889 bits per heavy atom. The first-order valence-electron chi connectivity index (χ1n) is 8.49. The number of carbonyl (C=O) groups is 2. The fourth-order valence-corrected chi connectivity index (χ4v) is 3.12. The lowest BCUT2D eigenvalue weighted by molar-refractivity contribution is -0.131. The number of carbonyl (C=O) groups excluding carboxylic acids is 2. The van der Waals surface area contributed by atoms with Gasteiger partial charge in [0.05, 0.1) is 16.8 Å². The largest absolute Gasteiger partial charge is 0.426 e. The van der Waals surface area contributed by atoms with E-state index in [1.54, 1.807) is 18.3 Å². The lowest BCUT2D eigenvalue weighted by Crippen LogP contribution is -2.16. The van der Waals surface area contributed by atoms with Crippen molar-refractivity contribution in [3.8, 4) is 5.75 Å². The van der Waals surface area contributed by atoms with Crippen LogP contribution in [0.25, 0.3) is 21.7 Å². The highest BCUT2D eigenvalue weighted by atomic mass is 16.5. The van der Waals surface area contributed by atoms with Gasteiger partial charge in [-0.25, -0.2) is 0 Å². The summed E-state index contributed by atoms with van der Waals surface area (Å²) in [5, 5.41) is 5.43. The highest BCUT2D eigenvalue weighted by Crippen LogP contribution is 2.30.